The number of nitrogens with zero attached hydrogens (tertiary/aromatic N) is 1. The van der Waals surface area contributed by atoms with Gasteiger partial charge in [-0.25, -0.2) is 0 Å². The molecule has 2 aromatic rings. The maximum Gasteiger partial charge on any atom is 0.262 e. The highest BCUT2D eigenvalue weighted by atomic mass is 16.3. The largest absolute Gasteiger partial charge is 0.467 e. The molecule has 0 radical (unpaired) electrons. The van der Waals surface area contributed by atoms with Crippen molar-refractivity contribution < 1.29 is 18.8 Å². The topological polar surface area (TPSA) is 79.6 Å². The number of amides is 3. The number of benzene rings is 1. The number of aryl methyl sites for hydroxylation is 1. The highest BCUT2D eigenvalue weighted by Crippen LogP contribution is 2.23. The number of hydrogen-bond acceptors (Lipinski definition) is 4. The molecule has 1 aliphatic heterocycles. The Balaban J connectivity index is 1.67. The highest BCUT2D eigenvalue weighted by Gasteiger charge is 2.36. The Morgan fingerprint density at radius 2 is 1.95 bits per heavy atom. The SMILES string of the molecule is Cc1ccc2c(c1)C(=O)N(CC(=O)NCc1ccco1)C2=O. The lowest BCUT2D eigenvalue weighted by Gasteiger charge is -2.13. The van der Waals surface area contributed by atoms with Gasteiger partial charge in [0.15, 0.2) is 0 Å². The molecule has 1 aromatic heterocycles. The van der Waals surface area contributed by atoms with Gasteiger partial charge in [-0.15, -0.1) is 0 Å². The van der Waals surface area contributed by atoms with Gasteiger partial charge in [0.1, 0.15) is 12.3 Å². The molecule has 112 valence electrons. The molecular formula is C16H14N2O4. The number of nitrogens with one attached hydrogen (secondary N) is 1. The van der Waals surface area contributed by atoms with Crippen molar-refractivity contribution in [1.29, 1.82) is 0 Å². The van der Waals surface area contributed by atoms with Crippen LogP contribution in [0.15, 0.2) is 41.0 Å². The average molecular weight is 298 g/mol. The minimum Gasteiger partial charge on any atom is -0.467 e. The molecule has 0 fully saturated rings. The van der Waals surface area contributed by atoms with Crippen molar-refractivity contribution in [2.45, 2.75) is 13.5 Å². The van der Waals surface area contributed by atoms with E-state index in [0.29, 0.717) is 16.9 Å². The van der Waals surface area contributed by atoms with Crippen LogP contribution in [0.3, 0.4) is 0 Å². The first-order chi connectivity index (χ1) is 10.6. The minimum atomic E-state index is -0.437. The van der Waals surface area contributed by atoms with Crippen molar-refractivity contribution in [1.82, 2.24) is 10.2 Å². The van der Waals surface area contributed by atoms with Crippen molar-refractivity contribution in [2.75, 3.05) is 6.54 Å². The zero-order chi connectivity index (χ0) is 15.7. The molecule has 1 N–H and O–H groups in total. The van der Waals surface area contributed by atoms with Gasteiger partial charge in [0.25, 0.3) is 11.8 Å². The Labute approximate surface area is 126 Å². The molecule has 6 nitrogen and oxygen atoms in total. The molecule has 0 aliphatic carbocycles. The molecule has 0 spiro atoms. The first-order valence-electron chi connectivity index (χ1n) is 6.82. The highest BCUT2D eigenvalue weighted by molar-refractivity contribution is 6.22. The fourth-order valence-corrected chi connectivity index (χ4v) is 2.35. The molecule has 22 heavy (non-hydrogen) atoms. The van der Waals surface area contributed by atoms with E-state index in [4.69, 9.17) is 4.42 Å². The van der Waals surface area contributed by atoms with E-state index >= 15 is 0 Å². The molecule has 3 amide bonds. The maximum atomic E-state index is 12.2. The van der Waals surface area contributed by atoms with Gasteiger partial charge >= 0.3 is 0 Å². The fraction of sp³-hybridized carbons (Fsp3) is 0.188. The summed E-state index contributed by atoms with van der Waals surface area (Å²) in [4.78, 5) is 37.3. The minimum absolute atomic E-state index is 0.216. The molecular weight excluding hydrogens is 284 g/mol. The summed E-state index contributed by atoms with van der Waals surface area (Å²) in [7, 11) is 0. The lowest BCUT2D eigenvalue weighted by molar-refractivity contribution is -0.121. The second-order valence-corrected chi connectivity index (χ2v) is 5.10. The predicted molar refractivity (Wildman–Crippen MR) is 77.1 cm³/mol. The van der Waals surface area contributed by atoms with E-state index in [1.807, 2.05) is 6.92 Å². The standard InChI is InChI=1S/C16H14N2O4/c1-10-4-5-12-13(7-10)16(21)18(15(12)20)9-14(19)17-8-11-3-2-6-22-11/h2-7H,8-9H2,1H3,(H,17,19). The number of hydrogen-bond donors (Lipinski definition) is 1. The lowest BCUT2D eigenvalue weighted by Crippen LogP contribution is -2.40. The van der Waals surface area contributed by atoms with Crippen LogP contribution in [0, 0.1) is 6.92 Å². The Hall–Kier alpha value is -2.89. The normalized spacial score (nSPS) is 13.4. The number of furan rings is 1. The third-order valence-corrected chi connectivity index (χ3v) is 3.47. The quantitative estimate of drug-likeness (QED) is 0.868. The first-order valence-corrected chi connectivity index (χ1v) is 6.82. The van der Waals surface area contributed by atoms with Crippen molar-refractivity contribution >= 4 is 17.7 Å². The second kappa shape index (κ2) is 5.48. The average Bonchev–Trinajstić information content (AvgIpc) is 3.09. The molecule has 3 rings (SSSR count). The van der Waals surface area contributed by atoms with Gasteiger partial charge in [-0.1, -0.05) is 11.6 Å². The van der Waals surface area contributed by atoms with E-state index in [2.05, 4.69) is 5.32 Å². The van der Waals surface area contributed by atoms with Crippen LogP contribution in [0.1, 0.15) is 32.0 Å². The van der Waals surface area contributed by atoms with Crippen LogP contribution in [0.4, 0.5) is 0 Å². The molecule has 0 saturated heterocycles. The van der Waals surface area contributed by atoms with Crippen molar-refractivity contribution in [3.8, 4) is 0 Å². The fourth-order valence-electron chi connectivity index (χ4n) is 2.35. The van der Waals surface area contributed by atoms with E-state index in [0.717, 1.165) is 10.5 Å². The van der Waals surface area contributed by atoms with Crippen LogP contribution in [0.2, 0.25) is 0 Å². The maximum absolute atomic E-state index is 12.2. The molecule has 0 unspecified atom stereocenters. The number of imide groups is 1. The first kappa shape index (κ1) is 14.1. The third-order valence-electron chi connectivity index (χ3n) is 3.47. The van der Waals surface area contributed by atoms with Crippen molar-refractivity contribution in [3.05, 3.63) is 59.0 Å². The zero-order valence-corrected chi connectivity index (χ0v) is 12.0. The molecule has 0 bridgehead atoms. The Morgan fingerprint density at radius 3 is 2.68 bits per heavy atom. The van der Waals surface area contributed by atoms with E-state index in [9.17, 15) is 14.4 Å². The molecule has 0 atom stereocenters. The van der Waals surface area contributed by atoms with E-state index in [1.165, 1.54) is 6.26 Å². The Morgan fingerprint density at radius 1 is 1.18 bits per heavy atom. The van der Waals surface area contributed by atoms with Crippen LogP contribution < -0.4 is 5.32 Å². The Kier molecular flexibility index (Phi) is 3.50. The van der Waals surface area contributed by atoms with E-state index in [-0.39, 0.29) is 13.1 Å². The van der Waals surface area contributed by atoms with Crippen LogP contribution in [-0.2, 0) is 11.3 Å². The summed E-state index contributed by atoms with van der Waals surface area (Å²) in [6, 6.07) is 8.49. The van der Waals surface area contributed by atoms with Crippen LogP contribution >= 0.6 is 0 Å². The third kappa shape index (κ3) is 2.50. The summed E-state index contributed by atoms with van der Waals surface area (Å²) < 4.78 is 5.10. The lowest BCUT2D eigenvalue weighted by atomic mass is 10.1. The van der Waals surface area contributed by atoms with Crippen LogP contribution in [-0.4, -0.2) is 29.2 Å². The van der Waals surface area contributed by atoms with Gasteiger partial charge in [0.2, 0.25) is 5.91 Å². The van der Waals surface area contributed by atoms with Crippen LogP contribution in [0.5, 0.6) is 0 Å². The molecule has 6 heteroatoms. The van der Waals surface area contributed by atoms with Gasteiger partial charge in [-0.05, 0) is 31.2 Å². The summed E-state index contributed by atoms with van der Waals surface area (Å²) in [5, 5.41) is 2.61. The number of fused-ring (bicyclic) bond motifs is 1. The van der Waals surface area contributed by atoms with E-state index in [1.54, 1.807) is 30.3 Å². The van der Waals surface area contributed by atoms with Crippen LogP contribution in [0.25, 0.3) is 0 Å². The summed E-state index contributed by atoms with van der Waals surface area (Å²) in [5.74, 6) is -0.682. The molecule has 0 saturated carbocycles. The number of carbonyl (C=O) groups is 3. The van der Waals surface area contributed by atoms with Crippen molar-refractivity contribution in [3.63, 3.8) is 0 Å². The van der Waals surface area contributed by atoms with Gasteiger partial charge in [0.05, 0.1) is 23.9 Å². The van der Waals surface area contributed by atoms with E-state index < -0.39 is 17.7 Å². The summed E-state index contributed by atoms with van der Waals surface area (Å²) in [6.07, 6.45) is 1.51. The van der Waals surface area contributed by atoms with Gasteiger partial charge in [-0.2, -0.15) is 0 Å². The molecule has 1 aliphatic rings. The zero-order valence-electron chi connectivity index (χ0n) is 12.0. The monoisotopic (exact) mass is 298 g/mol. The summed E-state index contributed by atoms with van der Waals surface area (Å²) in [6.45, 7) is 1.76. The number of rotatable bonds is 4. The second-order valence-electron chi connectivity index (χ2n) is 5.10. The number of carbonyl (C=O) groups excluding carboxylic acids is 3. The van der Waals surface area contributed by atoms with Gasteiger partial charge in [0, 0.05) is 0 Å². The Bertz CT molecular complexity index is 750. The van der Waals surface area contributed by atoms with Gasteiger partial charge in [-0.3, -0.25) is 19.3 Å². The summed E-state index contributed by atoms with van der Waals surface area (Å²) in [5.41, 5.74) is 1.59. The smallest absolute Gasteiger partial charge is 0.262 e. The van der Waals surface area contributed by atoms with Crippen molar-refractivity contribution in [2.24, 2.45) is 0 Å². The predicted octanol–water partition coefficient (Wildman–Crippen LogP) is 1.50. The summed E-state index contributed by atoms with van der Waals surface area (Å²) >= 11 is 0. The molecule has 2 heterocycles. The van der Waals surface area contributed by atoms with Gasteiger partial charge < -0.3 is 9.73 Å². The molecule has 1 aromatic carbocycles.